The maximum atomic E-state index is 12.1. The van der Waals surface area contributed by atoms with Crippen molar-refractivity contribution in [2.24, 2.45) is 10.8 Å². The maximum absolute atomic E-state index is 12.1. The first-order valence-electron chi connectivity index (χ1n) is 21.3. The van der Waals surface area contributed by atoms with Gasteiger partial charge in [-0.25, -0.2) is 14.5 Å². The number of ether oxygens (including phenoxy) is 2. The summed E-state index contributed by atoms with van der Waals surface area (Å²) < 4.78 is 13.3. The fourth-order valence-corrected chi connectivity index (χ4v) is 5.43. The van der Waals surface area contributed by atoms with Gasteiger partial charge in [-0.1, -0.05) is 101 Å². The number of carboxylic acid groups (broad SMARTS) is 1. The number of aromatic carboxylic acids is 1. The lowest BCUT2D eigenvalue weighted by atomic mass is 10.2. The molecule has 0 spiro atoms. The summed E-state index contributed by atoms with van der Waals surface area (Å²) in [6.45, 7) is 1.75. The van der Waals surface area contributed by atoms with Gasteiger partial charge in [0.05, 0.1) is 38.9 Å². The van der Waals surface area contributed by atoms with Crippen LogP contribution in [0.15, 0.2) is 194 Å². The lowest BCUT2D eigenvalue weighted by Gasteiger charge is -2.07. The Hall–Kier alpha value is -10.1. The van der Waals surface area contributed by atoms with Gasteiger partial charge in [0.15, 0.2) is 0 Å². The Morgan fingerprint density at radius 2 is 1.13 bits per heavy atom. The zero-order valence-corrected chi connectivity index (χ0v) is 38.2. The molecular weight excluding hydrogens is 901 g/mol. The van der Waals surface area contributed by atoms with Gasteiger partial charge in [0.2, 0.25) is 0 Å². The second-order valence-electron chi connectivity index (χ2n) is 13.8. The zero-order chi connectivity index (χ0) is 50.7. The Bertz CT molecular complexity index is 2960. The Morgan fingerprint density at radius 1 is 0.648 bits per heavy atom. The molecule has 0 atom stereocenters. The molecule has 5 N–H and O–H groups in total. The fraction of sp³-hybridized carbons (Fsp3) is 0.0943. The summed E-state index contributed by atoms with van der Waals surface area (Å²) in [5, 5.41) is 25.4. The standard InChI is InChI=1S/C22H19N5O2.C13H11N3O.C9H8N2O.C6H5NO2.C3H5N/c28-22(21-11-4-5-12-23-21)24-14-18-16-27(26-25-18)15-17-7-6-10-20(13-17)29-19-8-2-1-3-9-19;14-16-15-10-11-5-4-8-13(9-11)17-12-6-2-1-3-7-12;1-2-6-11-9(12)8-5-3-4-7-10-8;8-6(9)5-3-1-2-4-7-5;1-2-3-4/h1-13,16H,14-15H2,(H,24,28);1-9H,10H2;1,3-5,7H,6H2,(H,11,12);1-4H,(H,8,9);1H,3-4H2. The molecule has 8 aromatic rings. The third kappa shape index (κ3) is 21.4. The molecule has 0 unspecified atom stereocenters. The van der Waals surface area contributed by atoms with Gasteiger partial charge in [0, 0.05) is 23.5 Å². The Kier molecular flexibility index (Phi) is 23.9. The van der Waals surface area contributed by atoms with Crippen LogP contribution in [0.1, 0.15) is 48.3 Å². The number of hydrogen-bond donors (Lipinski definition) is 4. The summed E-state index contributed by atoms with van der Waals surface area (Å²) in [6, 6.07) is 49.6. The van der Waals surface area contributed by atoms with E-state index >= 15 is 0 Å². The Balaban J connectivity index is 0.000000220. The monoisotopic (exact) mass is 948 g/mol. The average Bonchev–Trinajstić information content (AvgIpc) is 3.88. The van der Waals surface area contributed by atoms with Crippen molar-refractivity contribution in [3.63, 3.8) is 0 Å². The molecular formula is C53H48N12O6. The van der Waals surface area contributed by atoms with Crippen LogP contribution in [-0.2, 0) is 19.6 Å². The number of para-hydroxylation sites is 2. The number of nitrogens with zero attached hydrogens (tertiary/aromatic N) is 9. The SMILES string of the molecule is C#CCN.C#CCNC(=O)c1ccccn1.O=C(NCc1cn(Cc2cccc(Oc3ccccc3)c2)nn1)c1ccccn1.O=C(O)c1ccccn1.[N-]=[N+]=NCc1cccc(Oc2ccccc2)c1. The number of pyridine rings is 3. The first kappa shape index (κ1) is 53.5. The van der Waals surface area contributed by atoms with Crippen LogP contribution in [0, 0.1) is 24.7 Å². The van der Waals surface area contributed by atoms with E-state index in [1.54, 1.807) is 65.6 Å². The van der Waals surface area contributed by atoms with Crippen molar-refractivity contribution in [3.8, 4) is 47.7 Å². The molecule has 0 radical (unpaired) electrons. The molecule has 18 heteroatoms. The summed E-state index contributed by atoms with van der Waals surface area (Å²) >= 11 is 0. The Labute approximate surface area is 410 Å². The molecule has 0 aliphatic rings. The number of terminal acetylenes is 2. The molecule has 4 heterocycles. The van der Waals surface area contributed by atoms with Crippen molar-refractivity contribution in [2.45, 2.75) is 19.6 Å². The number of carbonyl (C=O) groups is 3. The van der Waals surface area contributed by atoms with E-state index in [1.165, 1.54) is 12.3 Å². The fourth-order valence-electron chi connectivity index (χ4n) is 5.43. The maximum Gasteiger partial charge on any atom is 0.354 e. The molecule has 2 amide bonds. The highest BCUT2D eigenvalue weighted by Crippen LogP contribution is 2.23. The number of aromatic nitrogens is 6. The largest absolute Gasteiger partial charge is 0.477 e. The topological polar surface area (TPSA) is 258 Å². The summed E-state index contributed by atoms with van der Waals surface area (Å²) in [4.78, 5) is 47.5. The summed E-state index contributed by atoms with van der Waals surface area (Å²) in [6.07, 6.45) is 16.0. The van der Waals surface area contributed by atoms with E-state index in [0.717, 1.165) is 34.1 Å². The molecule has 18 nitrogen and oxygen atoms in total. The molecule has 0 fully saturated rings. The molecule has 0 saturated heterocycles. The highest BCUT2D eigenvalue weighted by Gasteiger charge is 2.09. The first-order valence-corrected chi connectivity index (χ1v) is 21.3. The second-order valence-corrected chi connectivity index (χ2v) is 13.8. The number of benzene rings is 4. The normalized spacial score (nSPS) is 9.39. The summed E-state index contributed by atoms with van der Waals surface area (Å²) in [7, 11) is 0. The number of carboxylic acids is 1. The minimum absolute atomic E-state index is 0.0810. The highest BCUT2D eigenvalue weighted by molar-refractivity contribution is 5.92. The number of azide groups is 1. The number of rotatable bonds is 14. The number of nitrogens with two attached hydrogens (primary N) is 1. The second kappa shape index (κ2) is 31.7. The van der Waals surface area contributed by atoms with E-state index in [1.807, 2.05) is 115 Å². The van der Waals surface area contributed by atoms with Crippen LogP contribution in [-0.4, -0.2) is 65.9 Å². The summed E-state index contributed by atoms with van der Waals surface area (Å²) in [5.41, 5.74) is 16.5. The molecule has 71 heavy (non-hydrogen) atoms. The van der Waals surface area contributed by atoms with E-state index in [-0.39, 0.29) is 30.6 Å². The van der Waals surface area contributed by atoms with Crippen LogP contribution in [0.2, 0.25) is 0 Å². The van der Waals surface area contributed by atoms with Gasteiger partial charge in [0.25, 0.3) is 11.8 Å². The minimum Gasteiger partial charge on any atom is -0.477 e. The van der Waals surface area contributed by atoms with Gasteiger partial charge in [-0.15, -0.1) is 17.9 Å². The van der Waals surface area contributed by atoms with E-state index in [0.29, 0.717) is 36.7 Å². The van der Waals surface area contributed by atoms with E-state index in [9.17, 15) is 14.4 Å². The molecule has 356 valence electrons. The number of amides is 2. The summed E-state index contributed by atoms with van der Waals surface area (Å²) in [5.74, 6) is 6.11. The quantitative estimate of drug-likeness (QED) is 0.0346. The molecule has 0 bridgehead atoms. The smallest absolute Gasteiger partial charge is 0.354 e. The minimum atomic E-state index is -0.990. The first-order chi connectivity index (χ1) is 34.7. The van der Waals surface area contributed by atoms with Crippen molar-refractivity contribution in [2.75, 3.05) is 13.1 Å². The van der Waals surface area contributed by atoms with Gasteiger partial charge < -0.3 is 30.9 Å². The van der Waals surface area contributed by atoms with Crippen LogP contribution in [0.5, 0.6) is 23.0 Å². The van der Waals surface area contributed by atoms with Gasteiger partial charge >= 0.3 is 5.97 Å². The lowest BCUT2D eigenvalue weighted by Crippen LogP contribution is -2.24. The van der Waals surface area contributed by atoms with E-state index < -0.39 is 5.97 Å². The van der Waals surface area contributed by atoms with Gasteiger partial charge in [-0.05, 0) is 102 Å². The highest BCUT2D eigenvalue weighted by atomic mass is 16.5. The number of nitrogens with one attached hydrogen (secondary N) is 2. The van der Waals surface area contributed by atoms with Crippen LogP contribution in [0.4, 0.5) is 0 Å². The van der Waals surface area contributed by atoms with E-state index in [2.05, 4.69) is 64.2 Å². The van der Waals surface area contributed by atoms with Crippen LogP contribution in [0.3, 0.4) is 0 Å². The van der Waals surface area contributed by atoms with Crippen molar-refractivity contribution in [1.29, 1.82) is 0 Å². The van der Waals surface area contributed by atoms with Crippen molar-refractivity contribution < 1.29 is 29.0 Å². The Morgan fingerprint density at radius 3 is 1.59 bits per heavy atom. The van der Waals surface area contributed by atoms with Gasteiger partial charge in [-0.2, -0.15) is 0 Å². The lowest BCUT2D eigenvalue weighted by molar-refractivity contribution is 0.0690. The number of carbonyl (C=O) groups excluding carboxylic acids is 2. The number of hydrogen-bond acceptors (Lipinski definition) is 12. The molecule has 0 saturated carbocycles. The molecule has 8 rings (SSSR count). The predicted octanol–water partition coefficient (Wildman–Crippen LogP) is 8.54. The van der Waals surface area contributed by atoms with Crippen LogP contribution < -0.4 is 25.8 Å². The predicted molar refractivity (Wildman–Crippen MR) is 268 cm³/mol. The average molecular weight is 949 g/mol. The third-order valence-electron chi connectivity index (χ3n) is 8.58. The molecule has 4 aromatic carbocycles. The van der Waals surface area contributed by atoms with Crippen LogP contribution in [0.25, 0.3) is 10.4 Å². The molecule has 0 aliphatic heterocycles. The van der Waals surface area contributed by atoms with Gasteiger partial charge in [0.1, 0.15) is 45.8 Å². The van der Waals surface area contributed by atoms with Crippen LogP contribution >= 0.6 is 0 Å². The third-order valence-corrected chi connectivity index (χ3v) is 8.58. The van der Waals surface area contributed by atoms with Crippen molar-refractivity contribution >= 4 is 17.8 Å². The molecule has 4 aromatic heterocycles. The van der Waals surface area contributed by atoms with E-state index in [4.69, 9.17) is 32.3 Å². The van der Waals surface area contributed by atoms with Crippen molar-refractivity contribution in [1.82, 2.24) is 40.6 Å². The zero-order valence-electron chi connectivity index (χ0n) is 38.2. The molecule has 0 aliphatic carbocycles. The van der Waals surface area contributed by atoms with Gasteiger partial charge in [-0.3, -0.25) is 19.6 Å². The van der Waals surface area contributed by atoms with Crippen molar-refractivity contribution in [3.05, 3.63) is 233 Å².